The zero-order chi connectivity index (χ0) is 14.3. The van der Waals surface area contributed by atoms with Crippen molar-refractivity contribution in [2.45, 2.75) is 24.5 Å². The summed E-state index contributed by atoms with van der Waals surface area (Å²) in [6, 6.07) is 0. The van der Waals surface area contributed by atoms with Gasteiger partial charge < -0.3 is 25.4 Å². The summed E-state index contributed by atoms with van der Waals surface area (Å²) in [5.41, 5.74) is 1.01. The van der Waals surface area contributed by atoms with Gasteiger partial charge in [0.15, 0.2) is 17.7 Å². The second-order valence-corrected chi connectivity index (χ2v) is 4.53. The lowest BCUT2D eigenvalue weighted by Gasteiger charge is -2.16. The Kier molecular flexibility index (Phi) is 3.26. The number of aromatic nitrogens is 4. The van der Waals surface area contributed by atoms with E-state index in [1.807, 2.05) is 0 Å². The Labute approximate surface area is 113 Å². The van der Waals surface area contributed by atoms with Gasteiger partial charge in [-0.15, -0.1) is 0 Å². The number of ether oxygens (including phenoxy) is 1. The zero-order valence-corrected chi connectivity index (χ0v) is 10.7. The Morgan fingerprint density at radius 1 is 1.30 bits per heavy atom. The van der Waals surface area contributed by atoms with Crippen molar-refractivity contribution in [3.8, 4) is 0 Å². The van der Waals surface area contributed by atoms with E-state index in [9.17, 15) is 10.2 Å². The number of fused-ring (bicyclic) bond motifs is 1. The van der Waals surface area contributed by atoms with Crippen molar-refractivity contribution in [3.63, 3.8) is 0 Å². The van der Waals surface area contributed by atoms with Gasteiger partial charge in [-0.1, -0.05) is 0 Å². The van der Waals surface area contributed by atoms with E-state index in [0.29, 0.717) is 17.0 Å². The molecule has 0 aromatic carbocycles. The molecule has 4 atom stereocenters. The first-order chi connectivity index (χ1) is 9.67. The summed E-state index contributed by atoms with van der Waals surface area (Å²) in [6.45, 7) is -0.377. The van der Waals surface area contributed by atoms with Gasteiger partial charge in [-0.25, -0.2) is 15.0 Å². The highest BCUT2D eigenvalue weighted by Gasteiger charge is 2.43. The van der Waals surface area contributed by atoms with Crippen LogP contribution in [0.1, 0.15) is 6.23 Å². The van der Waals surface area contributed by atoms with E-state index in [2.05, 4.69) is 20.3 Å². The average Bonchev–Trinajstić information content (AvgIpc) is 3.01. The van der Waals surface area contributed by atoms with Crippen LogP contribution in [0.3, 0.4) is 0 Å². The molecule has 1 aliphatic rings. The molecule has 0 saturated carbocycles. The van der Waals surface area contributed by atoms with Crippen LogP contribution in [-0.4, -0.2) is 66.8 Å². The smallest absolute Gasteiger partial charge is 0.167 e. The van der Waals surface area contributed by atoms with Crippen LogP contribution in [-0.2, 0) is 4.74 Å². The van der Waals surface area contributed by atoms with Gasteiger partial charge in [0, 0.05) is 7.05 Å². The van der Waals surface area contributed by atoms with Crippen molar-refractivity contribution in [2.24, 2.45) is 0 Å². The second-order valence-electron chi connectivity index (χ2n) is 4.53. The van der Waals surface area contributed by atoms with Crippen LogP contribution in [0.5, 0.6) is 0 Å². The van der Waals surface area contributed by atoms with Crippen molar-refractivity contribution in [1.29, 1.82) is 0 Å². The summed E-state index contributed by atoms with van der Waals surface area (Å²) < 4.78 is 6.97. The van der Waals surface area contributed by atoms with Crippen molar-refractivity contribution >= 4 is 17.0 Å². The Hall–Kier alpha value is -1.81. The van der Waals surface area contributed by atoms with E-state index in [1.165, 1.54) is 17.2 Å². The van der Waals surface area contributed by atoms with Crippen molar-refractivity contribution < 1.29 is 20.1 Å². The molecule has 3 heterocycles. The normalized spacial score (nSPS) is 30.0. The van der Waals surface area contributed by atoms with Gasteiger partial charge in [-0.05, 0) is 0 Å². The number of anilines is 1. The molecular weight excluding hydrogens is 266 g/mol. The molecule has 9 nitrogen and oxygen atoms in total. The van der Waals surface area contributed by atoms with Gasteiger partial charge in [0.05, 0.1) is 12.9 Å². The highest BCUT2D eigenvalue weighted by atomic mass is 16.6. The lowest BCUT2D eigenvalue weighted by molar-refractivity contribution is -0.0511. The van der Waals surface area contributed by atoms with E-state index in [4.69, 9.17) is 9.84 Å². The highest BCUT2D eigenvalue weighted by molar-refractivity contribution is 5.82. The van der Waals surface area contributed by atoms with Gasteiger partial charge >= 0.3 is 0 Å². The van der Waals surface area contributed by atoms with Gasteiger partial charge in [0.25, 0.3) is 0 Å². The molecule has 108 valence electrons. The molecule has 3 rings (SSSR count). The third-order valence-corrected chi connectivity index (χ3v) is 3.39. The monoisotopic (exact) mass is 281 g/mol. The number of rotatable bonds is 3. The lowest BCUT2D eigenvalue weighted by Crippen LogP contribution is -2.33. The fraction of sp³-hybridized carbons (Fsp3) is 0.545. The number of nitrogens with one attached hydrogen (secondary N) is 1. The second kappa shape index (κ2) is 4.94. The Balaban J connectivity index is 2.03. The van der Waals surface area contributed by atoms with Gasteiger partial charge in [0.1, 0.15) is 30.2 Å². The molecule has 1 aliphatic heterocycles. The number of aliphatic hydroxyl groups is 3. The van der Waals surface area contributed by atoms with E-state index in [1.54, 1.807) is 7.05 Å². The third kappa shape index (κ3) is 1.83. The molecule has 4 N–H and O–H groups in total. The Morgan fingerprint density at radius 3 is 2.75 bits per heavy atom. The van der Waals surface area contributed by atoms with Gasteiger partial charge in [0.2, 0.25) is 0 Å². The molecular formula is C11H15N5O4. The standard InChI is InChI=1S/C11H15N5O4/c1-12-9-6-10(14-3-13-9)16(4-15-6)11-8(19)7(18)5(2-17)20-11/h3-5,7-8,11,17-19H,2H2,1H3,(H,12,13,14)/t5-,7-,8-,11?/m1/s1. The summed E-state index contributed by atoms with van der Waals surface area (Å²) in [5, 5.41) is 31.8. The minimum absolute atomic E-state index is 0.377. The summed E-state index contributed by atoms with van der Waals surface area (Å²) in [7, 11) is 1.72. The largest absolute Gasteiger partial charge is 0.394 e. The molecule has 2 aromatic heterocycles. The predicted molar refractivity (Wildman–Crippen MR) is 67.9 cm³/mol. The molecule has 1 fully saturated rings. The fourth-order valence-electron chi connectivity index (χ4n) is 2.33. The predicted octanol–water partition coefficient (Wildman–Crippen LogP) is -1.52. The van der Waals surface area contributed by atoms with E-state index < -0.39 is 24.5 Å². The first-order valence-corrected chi connectivity index (χ1v) is 6.15. The zero-order valence-electron chi connectivity index (χ0n) is 10.7. The highest BCUT2D eigenvalue weighted by Crippen LogP contribution is 2.31. The van der Waals surface area contributed by atoms with Crippen LogP contribution in [0.25, 0.3) is 11.2 Å². The first-order valence-electron chi connectivity index (χ1n) is 6.15. The first kappa shape index (κ1) is 13.2. The maximum absolute atomic E-state index is 10.0. The molecule has 9 heteroatoms. The SMILES string of the molecule is CNc1ncnc2c1ncn2C1O[C@H](CO)[C@@H](O)[C@H]1O. The van der Waals surface area contributed by atoms with Crippen molar-refractivity contribution in [2.75, 3.05) is 19.0 Å². The molecule has 0 spiro atoms. The minimum Gasteiger partial charge on any atom is -0.394 e. The summed E-state index contributed by atoms with van der Waals surface area (Å²) >= 11 is 0. The van der Waals surface area contributed by atoms with E-state index >= 15 is 0 Å². The molecule has 0 amide bonds. The van der Waals surface area contributed by atoms with Gasteiger partial charge in [-0.3, -0.25) is 4.57 Å². The molecule has 1 unspecified atom stereocenters. The Morgan fingerprint density at radius 2 is 2.10 bits per heavy atom. The average molecular weight is 281 g/mol. The van der Waals surface area contributed by atoms with Crippen molar-refractivity contribution in [1.82, 2.24) is 19.5 Å². The lowest BCUT2D eigenvalue weighted by atomic mass is 10.1. The topological polar surface area (TPSA) is 126 Å². The van der Waals surface area contributed by atoms with Crippen LogP contribution in [0, 0.1) is 0 Å². The van der Waals surface area contributed by atoms with E-state index in [0.717, 1.165) is 0 Å². The van der Waals surface area contributed by atoms with Crippen LogP contribution in [0.15, 0.2) is 12.7 Å². The maximum atomic E-state index is 10.0. The molecule has 0 bridgehead atoms. The van der Waals surface area contributed by atoms with E-state index in [-0.39, 0.29) is 6.61 Å². The summed E-state index contributed by atoms with van der Waals surface area (Å²) in [4.78, 5) is 12.3. The number of imidazole rings is 1. The van der Waals surface area contributed by atoms with Crippen LogP contribution < -0.4 is 5.32 Å². The molecule has 20 heavy (non-hydrogen) atoms. The number of nitrogens with zero attached hydrogens (tertiary/aromatic N) is 4. The summed E-state index contributed by atoms with van der Waals surface area (Å²) in [5.74, 6) is 0.556. The van der Waals surface area contributed by atoms with Crippen molar-refractivity contribution in [3.05, 3.63) is 12.7 Å². The minimum atomic E-state index is -1.17. The molecule has 0 aliphatic carbocycles. The third-order valence-electron chi connectivity index (χ3n) is 3.39. The number of hydrogen-bond acceptors (Lipinski definition) is 8. The molecule has 0 radical (unpaired) electrons. The number of hydrogen-bond donors (Lipinski definition) is 4. The number of aliphatic hydroxyl groups excluding tert-OH is 3. The van der Waals surface area contributed by atoms with Gasteiger partial charge in [-0.2, -0.15) is 0 Å². The molecule has 2 aromatic rings. The van der Waals surface area contributed by atoms with Crippen LogP contribution >= 0.6 is 0 Å². The fourth-order valence-corrected chi connectivity index (χ4v) is 2.33. The molecule has 1 saturated heterocycles. The quantitative estimate of drug-likeness (QED) is 0.534. The van der Waals surface area contributed by atoms with Crippen LogP contribution in [0.4, 0.5) is 5.82 Å². The van der Waals surface area contributed by atoms with Crippen LogP contribution in [0.2, 0.25) is 0 Å². The maximum Gasteiger partial charge on any atom is 0.167 e. The Bertz CT molecular complexity index is 618. The summed E-state index contributed by atoms with van der Waals surface area (Å²) in [6.07, 6.45) is -1.19.